The van der Waals surface area contributed by atoms with Gasteiger partial charge in [-0.05, 0) is 43.9 Å². The summed E-state index contributed by atoms with van der Waals surface area (Å²) >= 11 is 0. The summed E-state index contributed by atoms with van der Waals surface area (Å²) in [4.78, 5) is 28.9. The minimum Gasteiger partial charge on any atom is -0.503 e. The fourth-order valence-corrected chi connectivity index (χ4v) is 3.52. The lowest BCUT2D eigenvalue weighted by molar-refractivity contribution is -0.151. The number of rotatable bonds is 8. The number of hydrogen-bond acceptors (Lipinski definition) is 6. The average molecular weight is 432 g/mol. The van der Waals surface area contributed by atoms with Crippen LogP contribution in [0.15, 0.2) is 30.5 Å². The second kappa shape index (κ2) is 10.2. The van der Waals surface area contributed by atoms with E-state index < -0.39 is 29.8 Å². The Hall–Kier alpha value is -3.16. The van der Waals surface area contributed by atoms with Crippen LogP contribution in [0.2, 0.25) is 0 Å². The van der Waals surface area contributed by atoms with Gasteiger partial charge in [0.2, 0.25) is 0 Å². The molecule has 0 saturated carbocycles. The van der Waals surface area contributed by atoms with Crippen LogP contribution in [0.4, 0.5) is 4.39 Å². The maximum absolute atomic E-state index is 13.7. The lowest BCUT2D eigenvalue weighted by Gasteiger charge is -2.29. The fraction of sp³-hybridized carbons (Fsp3) is 0.435. The van der Waals surface area contributed by atoms with Crippen LogP contribution in [0, 0.1) is 18.7 Å². The molecule has 0 fully saturated rings. The van der Waals surface area contributed by atoms with Crippen LogP contribution < -0.4 is 10.1 Å². The Labute approximate surface area is 181 Å². The quantitative estimate of drug-likeness (QED) is 0.617. The highest BCUT2D eigenvalue weighted by molar-refractivity contribution is 5.97. The van der Waals surface area contributed by atoms with E-state index >= 15 is 0 Å². The summed E-state index contributed by atoms with van der Waals surface area (Å²) in [7, 11) is 1.35. The number of aryl methyl sites for hydroxylation is 1. The van der Waals surface area contributed by atoms with E-state index in [2.05, 4.69) is 10.3 Å². The molecule has 0 aliphatic rings. The van der Waals surface area contributed by atoms with Crippen molar-refractivity contribution >= 4 is 11.9 Å². The van der Waals surface area contributed by atoms with E-state index in [1.165, 1.54) is 32.4 Å². The molecule has 0 saturated heterocycles. The van der Waals surface area contributed by atoms with Crippen LogP contribution >= 0.6 is 0 Å². The van der Waals surface area contributed by atoms with Crippen molar-refractivity contribution in [2.75, 3.05) is 7.11 Å². The summed E-state index contributed by atoms with van der Waals surface area (Å²) < 4.78 is 24.2. The minimum absolute atomic E-state index is 0.0957. The number of aromatic nitrogens is 1. The number of pyridine rings is 1. The largest absolute Gasteiger partial charge is 0.503 e. The maximum atomic E-state index is 13.7. The van der Waals surface area contributed by atoms with Gasteiger partial charge in [0, 0.05) is 18.2 Å². The number of halogens is 1. The number of carbonyl (C=O) groups is 2. The van der Waals surface area contributed by atoms with E-state index in [9.17, 15) is 19.1 Å². The second-order valence-electron chi connectivity index (χ2n) is 7.83. The molecule has 0 bridgehead atoms. The highest BCUT2D eigenvalue weighted by atomic mass is 19.1. The first-order valence-corrected chi connectivity index (χ1v) is 10.1. The number of nitrogens with zero attached hydrogens (tertiary/aromatic N) is 1. The van der Waals surface area contributed by atoms with E-state index in [0.717, 1.165) is 5.56 Å². The van der Waals surface area contributed by atoms with Crippen LogP contribution in [0.3, 0.4) is 0 Å². The maximum Gasteiger partial charge on any atom is 0.328 e. The highest BCUT2D eigenvalue weighted by Gasteiger charge is 2.29. The van der Waals surface area contributed by atoms with E-state index in [4.69, 9.17) is 9.47 Å². The molecule has 1 aromatic heterocycles. The van der Waals surface area contributed by atoms with Gasteiger partial charge in [0.1, 0.15) is 18.0 Å². The molecular weight excluding hydrogens is 403 g/mol. The standard InChI is InChI=1S/C23H29FN2O5/c1-12(2)19(16-7-8-17(24)13(3)11-16)15(5)31-23(29)14(4)26-22(28)20-21(27)18(30-6)9-10-25-20/h7-12,14-15,19,27H,1-6H3,(H,26,28)/t14-,15-,19+/m0/s1. The van der Waals surface area contributed by atoms with Gasteiger partial charge in [-0.15, -0.1) is 0 Å². The van der Waals surface area contributed by atoms with Gasteiger partial charge in [0.05, 0.1) is 7.11 Å². The predicted octanol–water partition coefficient (Wildman–Crippen LogP) is 3.73. The van der Waals surface area contributed by atoms with Crippen molar-refractivity contribution in [2.45, 2.75) is 52.7 Å². The number of nitrogens with one attached hydrogen (secondary N) is 1. The summed E-state index contributed by atoms with van der Waals surface area (Å²) in [5, 5.41) is 12.5. The van der Waals surface area contributed by atoms with E-state index in [1.807, 2.05) is 13.8 Å². The molecule has 168 valence electrons. The number of aromatic hydroxyl groups is 1. The Kier molecular flexibility index (Phi) is 7.96. The number of benzene rings is 1. The molecule has 0 unspecified atom stereocenters. The topological polar surface area (TPSA) is 97.8 Å². The first-order chi connectivity index (χ1) is 14.6. The van der Waals surface area contributed by atoms with Crippen LogP contribution in [-0.4, -0.2) is 41.2 Å². The number of methoxy groups -OCH3 is 1. The Morgan fingerprint density at radius 3 is 2.42 bits per heavy atom. The molecule has 0 aliphatic heterocycles. The second-order valence-corrected chi connectivity index (χ2v) is 7.83. The van der Waals surface area contributed by atoms with Gasteiger partial charge >= 0.3 is 5.97 Å². The molecule has 0 spiro atoms. The van der Waals surface area contributed by atoms with Gasteiger partial charge in [-0.3, -0.25) is 4.79 Å². The summed E-state index contributed by atoms with van der Waals surface area (Å²) in [5.41, 5.74) is 1.14. The normalized spacial score (nSPS) is 13.9. The lowest BCUT2D eigenvalue weighted by atomic mass is 9.84. The van der Waals surface area contributed by atoms with E-state index in [-0.39, 0.29) is 29.1 Å². The van der Waals surface area contributed by atoms with Gasteiger partial charge in [-0.1, -0.05) is 26.0 Å². The zero-order valence-corrected chi connectivity index (χ0v) is 18.6. The van der Waals surface area contributed by atoms with Crippen molar-refractivity contribution in [1.82, 2.24) is 10.3 Å². The summed E-state index contributed by atoms with van der Waals surface area (Å²) in [5.74, 6) is -2.01. The molecule has 2 aromatic rings. The number of hydrogen-bond donors (Lipinski definition) is 2. The Morgan fingerprint density at radius 1 is 1.16 bits per heavy atom. The zero-order chi connectivity index (χ0) is 23.3. The third-order valence-electron chi connectivity index (χ3n) is 5.12. The van der Waals surface area contributed by atoms with Crippen molar-refractivity contribution in [3.05, 3.63) is 53.1 Å². The van der Waals surface area contributed by atoms with Gasteiger partial charge < -0.3 is 19.9 Å². The van der Waals surface area contributed by atoms with Crippen LogP contribution in [0.5, 0.6) is 11.5 Å². The minimum atomic E-state index is -0.981. The summed E-state index contributed by atoms with van der Waals surface area (Å²) in [6.45, 7) is 8.93. The van der Waals surface area contributed by atoms with Crippen LogP contribution in [0.1, 0.15) is 55.2 Å². The van der Waals surface area contributed by atoms with E-state index in [0.29, 0.717) is 5.56 Å². The van der Waals surface area contributed by atoms with Crippen molar-refractivity contribution in [2.24, 2.45) is 5.92 Å². The molecule has 0 aliphatic carbocycles. The van der Waals surface area contributed by atoms with Crippen molar-refractivity contribution in [3.8, 4) is 11.5 Å². The molecule has 2 N–H and O–H groups in total. The molecule has 1 aromatic carbocycles. The number of carbonyl (C=O) groups excluding carboxylic acids is 2. The molecule has 2 rings (SSSR count). The van der Waals surface area contributed by atoms with Gasteiger partial charge in [-0.25, -0.2) is 14.2 Å². The third kappa shape index (κ3) is 5.71. The lowest BCUT2D eigenvalue weighted by Crippen LogP contribution is -2.42. The van der Waals surface area contributed by atoms with Crippen molar-refractivity contribution in [1.29, 1.82) is 0 Å². The van der Waals surface area contributed by atoms with Crippen LogP contribution in [0.25, 0.3) is 0 Å². The SMILES string of the molecule is COc1ccnc(C(=O)N[C@@H](C)C(=O)O[C@@H](C)[C@H](c2ccc(F)c(C)c2)C(C)C)c1O. The first kappa shape index (κ1) is 24.1. The Morgan fingerprint density at radius 2 is 1.84 bits per heavy atom. The van der Waals surface area contributed by atoms with Crippen molar-refractivity contribution in [3.63, 3.8) is 0 Å². The molecule has 31 heavy (non-hydrogen) atoms. The molecular formula is C23H29FN2O5. The smallest absolute Gasteiger partial charge is 0.328 e. The van der Waals surface area contributed by atoms with Gasteiger partial charge in [0.25, 0.3) is 5.91 Å². The predicted molar refractivity (Wildman–Crippen MR) is 114 cm³/mol. The van der Waals surface area contributed by atoms with Crippen LogP contribution in [-0.2, 0) is 9.53 Å². The first-order valence-electron chi connectivity index (χ1n) is 10.1. The summed E-state index contributed by atoms with van der Waals surface area (Å²) in [6, 6.07) is 5.29. The Bertz CT molecular complexity index is 948. The third-order valence-corrected chi connectivity index (χ3v) is 5.12. The summed E-state index contributed by atoms with van der Waals surface area (Å²) in [6.07, 6.45) is 0.802. The fourth-order valence-electron chi connectivity index (χ4n) is 3.52. The van der Waals surface area contributed by atoms with Gasteiger partial charge in [-0.2, -0.15) is 0 Å². The molecule has 8 heteroatoms. The van der Waals surface area contributed by atoms with Crippen molar-refractivity contribution < 1.29 is 28.6 Å². The molecule has 3 atom stereocenters. The highest BCUT2D eigenvalue weighted by Crippen LogP contribution is 2.31. The Balaban J connectivity index is 2.10. The van der Waals surface area contributed by atoms with E-state index in [1.54, 1.807) is 26.0 Å². The number of ether oxygens (including phenoxy) is 2. The molecule has 1 heterocycles. The monoisotopic (exact) mass is 432 g/mol. The van der Waals surface area contributed by atoms with Gasteiger partial charge in [0.15, 0.2) is 17.2 Å². The zero-order valence-electron chi connectivity index (χ0n) is 18.6. The number of amides is 1. The average Bonchev–Trinajstić information content (AvgIpc) is 2.70. The number of esters is 1. The molecule has 7 nitrogen and oxygen atoms in total. The molecule has 0 radical (unpaired) electrons. The molecule has 1 amide bonds.